The van der Waals surface area contributed by atoms with Gasteiger partial charge in [0.1, 0.15) is 0 Å². The SMILES string of the molecule is CCn1cc(-c2cc(NC(=O)Cc3ccc(S(=O)(=O)CC)cc3)ccc2C2=CC=CC(C)C2OC(F)(F)F)cn1. The van der Waals surface area contributed by atoms with Gasteiger partial charge in [0.25, 0.3) is 0 Å². The molecule has 11 heteroatoms. The normalized spacial score (nSPS) is 17.5. The van der Waals surface area contributed by atoms with Crippen molar-refractivity contribution in [2.75, 3.05) is 11.1 Å². The van der Waals surface area contributed by atoms with E-state index in [1.807, 2.05) is 6.92 Å². The predicted octanol–water partition coefficient (Wildman–Crippen LogP) is 6.04. The second-order valence-electron chi connectivity index (χ2n) is 9.47. The molecule has 2 atom stereocenters. The van der Waals surface area contributed by atoms with Gasteiger partial charge in [-0.1, -0.05) is 50.3 Å². The van der Waals surface area contributed by atoms with Crippen molar-refractivity contribution in [2.24, 2.45) is 5.92 Å². The number of carbonyl (C=O) groups excluding carboxylic acids is 1. The van der Waals surface area contributed by atoms with E-state index in [1.165, 1.54) is 12.1 Å². The van der Waals surface area contributed by atoms with Gasteiger partial charge in [0.2, 0.25) is 5.91 Å². The summed E-state index contributed by atoms with van der Waals surface area (Å²) in [6.45, 7) is 5.75. The molecule has 0 spiro atoms. The highest BCUT2D eigenvalue weighted by Crippen LogP contribution is 2.39. The second kappa shape index (κ2) is 11.8. The van der Waals surface area contributed by atoms with Crippen LogP contribution in [-0.4, -0.2) is 42.3 Å². The van der Waals surface area contributed by atoms with Gasteiger partial charge < -0.3 is 5.32 Å². The first-order valence-electron chi connectivity index (χ1n) is 12.8. The second-order valence-corrected chi connectivity index (χ2v) is 11.7. The van der Waals surface area contributed by atoms with Crippen LogP contribution in [0.25, 0.3) is 16.7 Å². The number of hydrogen-bond acceptors (Lipinski definition) is 5. The van der Waals surface area contributed by atoms with E-state index in [4.69, 9.17) is 0 Å². The van der Waals surface area contributed by atoms with Gasteiger partial charge in [-0.25, -0.2) is 8.42 Å². The number of carbonyl (C=O) groups is 1. The molecule has 0 aliphatic heterocycles. The fourth-order valence-corrected chi connectivity index (χ4v) is 5.42. The van der Waals surface area contributed by atoms with Crippen LogP contribution in [0.3, 0.4) is 0 Å². The molecule has 212 valence electrons. The highest BCUT2D eigenvalue weighted by molar-refractivity contribution is 7.91. The summed E-state index contributed by atoms with van der Waals surface area (Å²) < 4.78 is 70.2. The molecule has 40 heavy (non-hydrogen) atoms. The summed E-state index contributed by atoms with van der Waals surface area (Å²) in [6, 6.07) is 11.2. The lowest BCUT2D eigenvalue weighted by Crippen LogP contribution is -2.31. The molecule has 0 radical (unpaired) electrons. The fraction of sp³-hybridized carbons (Fsp3) is 0.310. The lowest BCUT2D eigenvalue weighted by Gasteiger charge is -2.29. The van der Waals surface area contributed by atoms with Gasteiger partial charge in [0.15, 0.2) is 9.84 Å². The Kier molecular flexibility index (Phi) is 8.65. The maximum absolute atomic E-state index is 13.3. The first-order chi connectivity index (χ1) is 18.9. The number of sulfone groups is 1. The number of anilines is 1. The van der Waals surface area contributed by atoms with Gasteiger partial charge in [-0.15, -0.1) is 13.2 Å². The van der Waals surface area contributed by atoms with Crippen molar-refractivity contribution >= 4 is 27.0 Å². The Labute approximate surface area is 231 Å². The molecule has 1 N–H and O–H groups in total. The fourth-order valence-electron chi connectivity index (χ4n) is 4.53. The number of alkyl halides is 3. The third-order valence-corrected chi connectivity index (χ3v) is 8.40. The average Bonchev–Trinajstić information content (AvgIpc) is 3.39. The van der Waals surface area contributed by atoms with Crippen LogP contribution < -0.4 is 5.32 Å². The Morgan fingerprint density at radius 1 is 1.10 bits per heavy atom. The number of rotatable bonds is 9. The number of halogens is 3. The monoisotopic (exact) mass is 573 g/mol. The molecule has 0 bridgehead atoms. The topological polar surface area (TPSA) is 90.3 Å². The van der Waals surface area contributed by atoms with E-state index >= 15 is 0 Å². The number of aromatic nitrogens is 2. The molecular formula is C29H30F3N3O4S. The number of benzene rings is 2. The average molecular weight is 574 g/mol. The molecule has 2 aromatic carbocycles. The van der Waals surface area contributed by atoms with Gasteiger partial charge in [-0.2, -0.15) is 5.10 Å². The molecule has 3 aromatic rings. The molecule has 1 aliphatic rings. The van der Waals surface area contributed by atoms with Crippen LogP contribution in [0, 0.1) is 5.92 Å². The minimum atomic E-state index is -4.82. The quantitative estimate of drug-likeness (QED) is 0.337. The Bertz CT molecular complexity index is 1540. The smallest absolute Gasteiger partial charge is 0.326 e. The number of nitrogens with zero attached hydrogens (tertiary/aromatic N) is 2. The van der Waals surface area contributed by atoms with Gasteiger partial charge in [-0.05, 0) is 53.5 Å². The zero-order chi connectivity index (χ0) is 29.1. The summed E-state index contributed by atoms with van der Waals surface area (Å²) >= 11 is 0. The molecule has 0 saturated carbocycles. The van der Waals surface area contributed by atoms with Crippen LogP contribution in [0.2, 0.25) is 0 Å². The molecule has 4 rings (SSSR count). The van der Waals surface area contributed by atoms with Crippen LogP contribution in [0.5, 0.6) is 0 Å². The van der Waals surface area contributed by atoms with E-state index in [2.05, 4.69) is 15.2 Å². The highest BCUT2D eigenvalue weighted by atomic mass is 32.2. The summed E-state index contributed by atoms with van der Waals surface area (Å²) in [6.07, 6.45) is 2.34. The lowest BCUT2D eigenvalue weighted by molar-refractivity contribution is -0.338. The lowest BCUT2D eigenvalue weighted by atomic mass is 9.84. The molecule has 2 unspecified atom stereocenters. The Hall–Kier alpha value is -3.70. The van der Waals surface area contributed by atoms with Gasteiger partial charge in [0.05, 0.1) is 29.4 Å². The summed E-state index contributed by atoms with van der Waals surface area (Å²) in [5.74, 6) is -0.871. The van der Waals surface area contributed by atoms with Crippen molar-refractivity contribution in [2.45, 2.75) is 51.1 Å². The number of amides is 1. The Morgan fingerprint density at radius 2 is 1.82 bits per heavy atom. The maximum Gasteiger partial charge on any atom is 0.523 e. The molecule has 0 fully saturated rings. The molecule has 7 nitrogen and oxygen atoms in total. The van der Waals surface area contributed by atoms with Gasteiger partial charge in [0, 0.05) is 29.9 Å². The summed E-state index contributed by atoms with van der Waals surface area (Å²) in [5, 5.41) is 7.15. The third-order valence-electron chi connectivity index (χ3n) is 6.64. The minimum Gasteiger partial charge on any atom is -0.326 e. The maximum atomic E-state index is 13.3. The first kappa shape index (κ1) is 29.3. The van der Waals surface area contributed by atoms with E-state index < -0.39 is 28.2 Å². The molecular weight excluding hydrogens is 543 g/mol. The van der Waals surface area contributed by atoms with Crippen molar-refractivity contribution in [3.63, 3.8) is 0 Å². The van der Waals surface area contributed by atoms with E-state index in [9.17, 15) is 26.4 Å². The largest absolute Gasteiger partial charge is 0.523 e. The predicted molar refractivity (Wildman–Crippen MR) is 147 cm³/mol. The van der Waals surface area contributed by atoms with Crippen molar-refractivity contribution in [3.05, 3.63) is 84.2 Å². The van der Waals surface area contributed by atoms with Crippen LogP contribution in [0.4, 0.5) is 18.9 Å². The number of hydrogen-bond donors (Lipinski definition) is 1. The minimum absolute atomic E-state index is 0.00621. The van der Waals surface area contributed by atoms with E-state index in [-0.39, 0.29) is 23.0 Å². The molecule has 0 saturated heterocycles. The standard InChI is InChI=1S/C29H30F3N3O4S/c1-4-35-18-21(17-33-35)26-16-22(34-27(36)15-20-9-12-23(13-10-20)40(37,38)5-2)11-14-24(26)25-8-6-7-19(3)28(25)39-29(30,31)32/h6-14,16-19,28H,4-5,15H2,1-3H3,(H,34,36). The number of nitrogens with one attached hydrogen (secondary N) is 1. The first-order valence-corrected chi connectivity index (χ1v) is 14.5. The zero-order valence-electron chi connectivity index (χ0n) is 22.3. The Balaban J connectivity index is 1.64. The van der Waals surface area contributed by atoms with Crippen LogP contribution in [-0.2, 0) is 32.3 Å². The third kappa shape index (κ3) is 6.89. The molecule has 1 aliphatic carbocycles. The number of aryl methyl sites for hydroxylation is 1. The molecule has 1 aromatic heterocycles. The molecule has 1 heterocycles. The van der Waals surface area contributed by atoms with Crippen LogP contribution >= 0.6 is 0 Å². The van der Waals surface area contributed by atoms with Crippen LogP contribution in [0.15, 0.2) is 78.0 Å². The van der Waals surface area contributed by atoms with E-state index in [0.29, 0.717) is 40.1 Å². The van der Waals surface area contributed by atoms with E-state index in [1.54, 1.807) is 79.5 Å². The highest BCUT2D eigenvalue weighted by Gasteiger charge is 2.38. The van der Waals surface area contributed by atoms with Gasteiger partial charge in [-0.3, -0.25) is 14.2 Å². The zero-order valence-corrected chi connectivity index (χ0v) is 23.1. The van der Waals surface area contributed by atoms with Crippen molar-refractivity contribution in [1.29, 1.82) is 0 Å². The summed E-state index contributed by atoms with van der Waals surface area (Å²) in [4.78, 5) is 13.0. The van der Waals surface area contributed by atoms with Crippen LogP contribution in [0.1, 0.15) is 31.9 Å². The number of allylic oxidation sites excluding steroid dienone is 2. The molecule has 1 amide bonds. The Morgan fingerprint density at radius 3 is 2.45 bits per heavy atom. The summed E-state index contributed by atoms with van der Waals surface area (Å²) in [5.41, 5.74) is 3.25. The van der Waals surface area contributed by atoms with E-state index in [0.717, 1.165) is 0 Å². The van der Waals surface area contributed by atoms with Crippen molar-refractivity contribution in [1.82, 2.24) is 9.78 Å². The number of ether oxygens (including phenoxy) is 1. The van der Waals surface area contributed by atoms with Crippen molar-refractivity contribution in [3.8, 4) is 11.1 Å². The summed E-state index contributed by atoms with van der Waals surface area (Å²) in [7, 11) is -3.34. The van der Waals surface area contributed by atoms with Gasteiger partial charge >= 0.3 is 6.36 Å². The van der Waals surface area contributed by atoms with Crippen molar-refractivity contribution < 1.29 is 31.1 Å².